The molecule has 0 aromatic heterocycles. The Bertz CT molecular complexity index is 819. The predicted octanol–water partition coefficient (Wildman–Crippen LogP) is 3.44. The molecule has 2 aromatic rings. The molecule has 2 atom stereocenters. The minimum absolute atomic E-state index is 0.439. The molecule has 0 radical (unpaired) electrons. The van der Waals surface area contributed by atoms with Crippen molar-refractivity contribution in [1.82, 2.24) is 9.62 Å². The molecule has 3 fully saturated rings. The Hall–Kier alpha value is -1.73. The number of rotatable bonds is 5. The number of hydrogen-bond donors (Lipinski definition) is 2. The molecule has 2 aliphatic heterocycles. The third kappa shape index (κ3) is 3.39. The molecule has 5 rings (SSSR count). The van der Waals surface area contributed by atoms with E-state index in [-0.39, 0.29) is 0 Å². The molecule has 1 saturated carbocycles. The van der Waals surface area contributed by atoms with Gasteiger partial charge in [-0.2, -0.15) is 4.47 Å². The van der Waals surface area contributed by atoms with Crippen molar-refractivity contribution in [1.29, 1.82) is 0 Å². The molecular weight excluding hydrogens is 368 g/mol. The first kappa shape index (κ1) is 18.3. The molecule has 3 aliphatic rings. The highest BCUT2D eigenvalue weighted by Crippen LogP contribution is 2.56. The molecule has 28 heavy (non-hydrogen) atoms. The van der Waals surface area contributed by atoms with E-state index in [1.807, 2.05) is 24.3 Å². The Morgan fingerprint density at radius 3 is 2.36 bits per heavy atom. The average Bonchev–Trinajstić information content (AvgIpc) is 3.29. The molecule has 2 unspecified atom stereocenters. The molecule has 0 spiro atoms. The van der Waals surface area contributed by atoms with Crippen LogP contribution in [0.4, 0.5) is 11.4 Å². The van der Waals surface area contributed by atoms with E-state index in [0.29, 0.717) is 5.41 Å². The van der Waals surface area contributed by atoms with Gasteiger partial charge in [-0.05, 0) is 55.6 Å². The summed E-state index contributed by atoms with van der Waals surface area (Å²) < 4.78 is 3.49. The number of piperidine rings is 1. The first-order valence-corrected chi connectivity index (χ1v) is 10.9. The van der Waals surface area contributed by atoms with Gasteiger partial charge in [0.1, 0.15) is 0 Å². The van der Waals surface area contributed by atoms with Crippen LogP contribution in [0.3, 0.4) is 0 Å². The number of benzene rings is 2. The zero-order chi connectivity index (χ0) is 19.1. The standard InChI is InChI=1S/C22H28N4OS/c1-17-2-6-21(7-3-17)26(27)28-25-12-10-24(11-13-25)20-8-4-18(5-9-20)22-14-19(22)15-23-16-22/h2-9,19,23,27H,10-16H2,1H3. The third-order valence-corrected chi connectivity index (χ3v) is 7.52. The van der Waals surface area contributed by atoms with Gasteiger partial charge in [0, 0.05) is 43.8 Å². The number of nitrogens with one attached hydrogen (secondary N) is 1. The van der Waals surface area contributed by atoms with Gasteiger partial charge >= 0.3 is 0 Å². The van der Waals surface area contributed by atoms with Crippen LogP contribution in [0.25, 0.3) is 0 Å². The van der Waals surface area contributed by atoms with Crippen LogP contribution in [-0.4, -0.2) is 48.8 Å². The Morgan fingerprint density at radius 2 is 1.75 bits per heavy atom. The minimum atomic E-state index is 0.439. The zero-order valence-corrected chi connectivity index (χ0v) is 17.2. The fraction of sp³-hybridized carbons (Fsp3) is 0.455. The highest BCUT2D eigenvalue weighted by molar-refractivity contribution is 7.98. The molecule has 5 nitrogen and oxygen atoms in total. The first-order valence-electron chi connectivity index (χ1n) is 10.2. The van der Waals surface area contributed by atoms with Crippen LogP contribution in [0.15, 0.2) is 48.5 Å². The number of anilines is 2. The van der Waals surface area contributed by atoms with Gasteiger partial charge in [0.25, 0.3) is 0 Å². The van der Waals surface area contributed by atoms with E-state index in [1.165, 1.54) is 46.4 Å². The maximum absolute atomic E-state index is 10.3. The number of aryl methyl sites for hydroxylation is 1. The smallest absolute Gasteiger partial charge is 0.0779 e. The monoisotopic (exact) mass is 396 g/mol. The van der Waals surface area contributed by atoms with E-state index in [4.69, 9.17) is 0 Å². The van der Waals surface area contributed by atoms with Crippen molar-refractivity contribution in [3.8, 4) is 0 Å². The van der Waals surface area contributed by atoms with Gasteiger partial charge in [0.05, 0.1) is 17.8 Å². The second kappa shape index (κ2) is 7.26. The maximum atomic E-state index is 10.3. The van der Waals surface area contributed by atoms with Crippen LogP contribution in [-0.2, 0) is 5.41 Å². The van der Waals surface area contributed by atoms with Gasteiger partial charge in [-0.15, -0.1) is 0 Å². The Labute approximate surface area is 171 Å². The van der Waals surface area contributed by atoms with Crippen molar-refractivity contribution in [2.24, 2.45) is 5.92 Å². The molecule has 2 heterocycles. The fourth-order valence-electron chi connectivity index (χ4n) is 4.65. The molecule has 2 saturated heterocycles. The van der Waals surface area contributed by atoms with Gasteiger partial charge in [0.15, 0.2) is 0 Å². The Kier molecular flexibility index (Phi) is 4.75. The van der Waals surface area contributed by atoms with E-state index in [9.17, 15) is 5.21 Å². The van der Waals surface area contributed by atoms with Crippen LogP contribution >= 0.6 is 12.1 Å². The van der Waals surface area contributed by atoms with Gasteiger partial charge < -0.3 is 10.2 Å². The molecule has 0 amide bonds. The van der Waals surface area contributed by atoms with Crippen molar-refractivity contribution < 1.29 is 5.21 Å². The molecular formula is C22H28N4OS. The lowest BCUT2D eigenvalue weighted by Gasteiger charge is -2.36. The molecule has 148 valence electrons. The molecule has 2 N–H and O–H groups in total. The Balaban J connectivity index is 1.15. The fourth-order valence-corrected chi connectivity index (χ4v) is 5.41. The van der Waals surface area contributed by atoms with Crippen molar-refractivity contribution >= 4 is 23.5 Å². The van der Waals surface area contributed by atoms with Gasteiger partial charge in [-0.1, -0.05) is 29.8 Å². The summed E-state index contributed by atoms with van der Waals surface area (Å²) in [5.41, 5.74) is 5.27. The maximum Gasteiger partial charge on any atom is 0.0779 e. The summed E-state index contributed by atoms with van der Waals surface area (Å²) in [6.45, 7) is 8.18. The van der Waals surface area contributed by atoms with E-state index < -0.39 is 0 Å². The summed E-state index contributed by atoms with van der Waals surface area (Å²) in [7, 11) is 0. The summed E-state index contributed by atoms with van der Waals surface area (Å²) in [5.74, 6) is 0.855. The molecule has 2 aromatic carbocycles. The summed E-state index contributed by atoms with van der Waals surface area (Å²) >= 11 is 1.39. The van der Waals surface area contributed by atoms with E-state index in [1.54, 1.807) is 0 Å². The quantitative estimate of drug-likeness (QED) is 0.596. The van der Waals surface area contributed by atoms with Crippen LogP contribution in [0, 0.1) is 12.8 Å². The summed E-state index contributed by atoms with van der Waals surface area (Å²) in [6, 6.07) is 17.2. The molecule has 6 heteroatoms. The predicted molar refractivity (Wildman–Crippen MR) is 116 cm³/mol. The molecule has 1 aliphatic carbocycles. The topological polar surface area (TPSA) is 42.0 Å². The van der Waals surface area contributed by atoms with Gasteiger partial charge in [-0.3, -0.25) is 5.21 Å². The number of piperazine rings is 1. The largest absolute Gasteiger partial charge is 0.369 e. The third-order valence-electron chi connectivity index (χ3n) is 6.56. The lowest BCUT2D eigenvalue weighted by molar-refractivity contribution is 0.320. The Morgan fingerprint density at radius 1 is 1.04 bits per heavy atom. The normalized spacial score (nSPS) is 26.9. The van der Waals surface area contributed by atoms with Gasteiger partial charge in [-0.25, -0.2) is 4.31 Å². The van der Waals surface area contributed by atoms with E-state index in [2.05, 4.69) is 45.7 Å². The SMILES string of the molecule is Cc1ccc(N(O)SN2CCN(c3ccc(C45CNCC4C5)cc3)CC2)cc1. The zero-order valence-electron chi connectivity index (χ0n) is 16.3. The van der Waals surface area contributed by atoms with Crippen LogP contribution in [0.5, 0.6) is 0 Å². The van der Waals surface area contributed by atoms with Crippen LogP contribution in [0.2, 0.25) is 0 Å². The average molecular weight is 397 g/mol. The van der Waals surface area contributed by atoms with Crippen molar-refractivity contribution in [3.05, 3.63) is 59.7 Å². The van der Waals surface area contributed by atoms with Crippen LogP contribution in [0.1, 0.15) is 17.5 Å². The number of fused-ring (bicyclic) bond motifs is 1. The highest BCUT2D eigenvalue weighted by Gasteiger charge is 2.57. The minimum Gasteiger partial charge on any atom is -0.369 e. The number of hydrogen-bond acceptors (Lipinski definition) is 6. The summed E-state index contributed by atoms with van der Waals surface area (Å²) in [6.07, 6.45) is 1.36. The van der Waals surface area contributed by atoms with Gasteiger partial charge in [0.2, 0.25) is 0 Å². The van der Waals surface area contributed by atoms with Crippen molar-refractivity contribution in [2.45, 2.75) is 18.8 Å². The number of nitrogens with zero attached hydrogens (tertiary/aromatic N) is 3. The summed E-state index contributed by atoms with van der Waals surface area (Å²) in [4.78, 5) is 2.45. The second-order valence-electron chi connectivity index (χ2n) is 8.34. The van der Waals surface area contributed by atoms with E-state index >= 15 is 0 Å². The summed E-state index contributed by atoms with van der Waals surface area (Å²) in [5, 5.41) is 13.9. The lowest BCUT2D eigenvalue weighted by atomic mass is 9.95. The van der Waals surface area contributed by atoms with E-state index in [0.717, 1.165) is 44.3 Å². The van der Waals surface area contributed by atoms with Crippen molar-refractivity contribution in [3.63, 3.8) is 0 Å². The molecule has 0 bridgehead atoms. The first-order chi connectivity index (χ1) is 13.6. The van der Waals surface area contributed by atoms with Crippen LogP contribution < -0.4 is 14.7 Å². The lowest BCUT2D eigenvalue weighted by Crippen LogP contribution is -2.44. The van der Waals surface area contributed by atoms with Crippen molar-refractivity contribution in [2.75, 3.05) is 48.6 Å². The second-order valence-corrected chi connectivity index (χ2v) is 9.37. The highest BCUT2D eigenvalue weighted by atomic mass is 32.2.